The van der Waals surface area contributed by atoms with Crippen LogP contribution >= 0.6 is 0 Å². The third-order valence-corrected chi connectivity index (χ3v) is 1.92. The predicted octanol–water partition coefficient (Wildman–Crippen LogP) is 3.63. The summed E-state index contributed by atoms with van der Waals surface area (Å²) in [6.07, 6.45) is 12.1. The van der Waals surface area contributed by atoms with E-state index >= 15 is 0 Å². The molecule has 0 aromatic carbocycles. The lowest BCUT2D eigenvalue weighted by Gasteiger charge is -2.11. The summed E-state index contributed by atoms with van der Waals surface area (Å²) in [4.78, 5) is 10.8. The van der Waals surface area contributed by atoms with Crippen LogP contribution in [0.5, 0.6) is 0 Å². The van der Waals surface area contributed by atoms with E-state index in [0.717, 1.165) is 25.7 Å². The molecule has 0 N–H and O–H groups in total. The third-order valence-electron chi connectivity index (χ3n) is 1.92. The SMILES string of the molecule is CCC=CCCC(C=CCC)OC(C)=O. The summed E-state index contributed by atoms with van der Waals surface area (Å²) in [7, 11) is 0. The van der Waals surface area contributed by atoms with Crippen molar-refractivity contribution in [3.05, 3.63) is 24.3 Å². The Bertz CT molecular complexity index is 217. The molecule has 0 fully saturated rings. The van der Waals surface area contributed by atoms with Gasteiger partial charge in [0, 0.05) is 6.92 Å². The molecule has 0 aliphatic carbocycles. The van der Waals surface area contributed by atoms with Crippen molar-refractivity contribution >= 4 is 5.97 Å². The first kappa shape index (κ1) is 13.9. The highest BCUT2D eigenvalue weighted by Crippen LogP contribution is 2.06. The predicted molar refractivity (Wildman–Crippen MR) is 63.7 cm³/mol. The molecule has 0 aliphatic rings. The Kier molecular flexibility index (Phi) is 8.84. The molecular formula is C13H22O2. The van der Waals surface area contributed by atoms with Gasteiger partial charge < -0.3 is 4.74 Å². The van der Waals surface area contributed by atoms with Gasteiger partial charge in [0.1, 0.15) is 6.10 Å². The standard InChI is InChI=1S/C13H22O2/c1-4-6-8-9-11-13(10-7-5-2)15-12(3)14/h6-8,10,13H,4-5,9,11H2,1-3H3. The van der Waals surface area contributed by atoms with Crippen molar-refractivity contribution in [2.24, 2.45) is 0 Å². The molecule has 2 nitrogen and oxygen atoms in total. The van der Waals surface area contributed by atoms with Gasteiger partial charge in [-0.3, -0.25) is 4.79 Å². The smallest absolute Gasteiger partial charge is 0.303 e. The van der Waals surface area contributed by atoms with Crippen LogP contribution < -0.4 is 0 Å². The van der Waals surface area contributed by atoms with Gasteiger partial charge in [0.25, 0.3) is 0 Å². The van der Waals surface area contributed by atoms with Crippen molar-refractivity contribution in [1.82, 2.24) is 0 Å². The van der Waals surface area contributed by atoms with E-state index in [1.165, 1.54) is 6.92 Å². The molecule has 0 bridgehead atoms. The first-order valence-electron chi connectivity index (χ1n) is 5.69. The van der Waals surface area contributed by atoms with Crippen molar-refractivity contribution in [2.45, 2.75) is 52.6 Å². The minimum absolute atomic E-state index is 0.0658. The molecule has 15 heavy (non-hydrogen) atoms. The highest BCUT2D eigenvalue weighted by atomic mass is 16.5. The van der Waals surface area contributed by atoms with Crippen LogP contribution in [0.15, 0.2) is 24.3 Å². The molecule has 2 heteroatoms. The van der Waals surface area contributed by atoms with Crippen LogP contribution in [0.4, 0.5) is 0 Å². The molecule has 0 amide bonds. The molecule has 0 saturated heterocycles. The van der Waals surface area contributed by atoms with E-state index in [-0.39, 0.29) is 12.1 Å². The lowest BCUT2D eigenvalue weighted by atomic mass is 10.1. The largest absolute Gasteiger partial charge is 0.458 e. The van der Waals surface area contributed by atoms with Gasteiger partial charge in [-0.2, -0.15) is 0 Å². The first-order valence-corrected chi connectivity index (χ1v) is 5.69. The third kappa shape index (κ3) is 9.26. The first-order chi connectivity index (χ1) is 7.20. The van der Waals surface area contributed by atoms with Crippen molar-refractivity contribution in [3.63, 3.8) is 0 Å². The maximum Gasteiger partial charge on any atom is 0.303 e. The van der Waals surface area contributed by atoms with E-state index < -0.39 is 0 Å². The number of esters is 1. The highest BCUT2D eigenvalue weighted by molar-refractivity contribution is 5.66. The Morgan fingerprint density at radius 2 is 1.87 bits per heavy atom. The number of ether oxygens (including phenoxy) is 1. The Labute approximate surface area is 93.0 Å². The fraction of sp³-hybridized carbons (Fsp3) is 0.615. The molecule has 0 aromatic heterocycles. The summed E-state index contributed by atoms with van der Waals surface area (Å²) in [5.74, 6) is -0.208. The van der Waals surface area contributed by atoms with Crippen LogP contribution in [0.2, 0.25) is 0 Å². The van der Waals surface area contributed by atoms with Crippen LogP contribution in [0.25, 0.3) is 0 Å². The average molecular weight is 210 g/mol. The molecule has 0 aromatic rings. The van der Waals surface area contributed by atoms with Gasteiger partial charge in [-0.1, -0.05) is 32.1 Å². The van der Waals surface area contributed by atoms with Gasteiger partial charge in [-0.05, 0) is 31.8 Å². The second kappa shape index (κ2) is 9.50. The van der Waals surface area contributed by atoms with Crippen LogP contribution in [-0.4, -0.2) is 12.1 Å². The minimum atomic E-state index is -0.208. The number of allylic oxidation sites excluding steroid dienone is 3. The summed E-state index contributed by atoms with van der Waals surface area (Å²) in [5.41, 5.74) is 0. The highest BCUT2D eigenvalue weighted by Gasteiger charge is 2.06. The van der Waals surface area contributed by atoms with Gasteiger partial charge in [0.2, 0.25) is 0 Å². The minimum Gasteiger partial charge on any atom is -0.458 e. The molecule has 0 spiro atoms. The summed E-state index contributed by atoms with van der Waals surface area (Å²) in [5, 5.41) is 0. The molecule has 0 aliphatic heterocycles. The quantitative estimate of drug-likeness (QED) is 0.474. The van der Waals surface area contributed by atoms with Crippen molar-refractivity contribution in [1.29, 1.82) is 0 Å². The number of carbonyl (C=O) groups is 1. The van der Waals surface area contributed by atoms with Gasteiger partial charge in [-0.25, -0.2) is 0 Å². The van der Waals surface area contributed by atoms with Gasteiger partial charge in [0.15, 0.2) is 0 Å². The maximum atomic E-state index is 10.8. The second-order valence-electron chi connectivity index (χ2n) is 3.44. The lowest BCUT2D eigenvalue weighted by Crippen LogP contribution is -2.13. The fourth-order valence-corrected chi connectivity index (χ4v) is 1.24. The molecule has 0 heterocycles. The van der Waals surface area contributed by atoms with Crippen LogP contribution in [0.1, 0.15) is 46.5 Å². The molecule has 86 valence electrons. The van der Waals surface area contributed by atoms with Gasteiger partial charge in [-0.15, -0.1) is 0 Å². The number of rotatable bonds is 7. The number of carbonyl (C=O) groups excluding carboxylic acids is 1. The lowest BCUT2D eigenvalue weighted by molar-refractivity contribution is -0.144. The fourth-order valence-electron chi connectivity index (χ4n) is 1.24. The molecule has 0 rings (SSSR count). The van der Waals surface area contributed by atoms with E-state index in [2.05, 4.69) is 26.0 Å². The zero-order chi connectivity index (χ0) is 11.5. The summed E-state index contributed by atoms with van der Waals surface area (Å²) in [6, 6.07) is 0. The average Bonchev–Trinajstić information content (AvgIpc) is 2.19. The Balaban J connectivity index is 3.95. The van der Waals surface area contributed by atoms with Crippen molar-refractivity contribution in [3.8, 4) is 0 Å². The van der Waals surface area contributed by atoms with E-state index in [9.17, 15) is 4.79 Å². The number of hydrogen-bond donors (Lipinski definition) is 0. The Morgan fingerprint density at radius 1 is 1.20 bits per heavy atom. The molecule has 1 unspecified atom stereocenters. The van der Waals surface area contributed by atoms with Gasteiger partial charge in [0.05, 0.1) is 0 Å². The topological polar surface area (TPSA) is 26.3 Å². The monoisotopic (exact) mass is 210 g/mol. The normalized spacial score (nSPS) is 13.5. The summed E-state index contributed by atoms with van der Waals surface area (Å²) >= 11 is 0. The van der Waals surface area contributed by atoms with Crippen LogP contribution in [-0.2, 0) is 9.53 Å². The molecule has 0 saturated carbocycles. The Morgan fingerprint density at radius 3 is 2.40 bits per heavy atom. The van der Waals surface area contributed by atoms with Crippen molar-refractivity contribution < 1.29 is 9.53 Å². The van der Waals surface area contributed by atoms with Crippen LogP contribution in [0.3, 0.4) is 0 Å². The van der Waals surface area contributed by atoms with Crippen LogP contribution in [0, 0.1) is 0 Å². The van der Waals surface area contributed by atoms with Crippen molar-refractivity contribution in [2.75, 3.05) is 0 Å². The summed E-state index contributed by atoms with van der Waals surface area (Å²) < 4.78 is 5.17. The second-order valence-corrected chi connectivity index (χ2v) is 3.44. The zero-order valence-electron chi connectivity index (χ0n) is 10.0. The molecule has 1 atom stereocenters. The summed E-state index contributed by atoms with van der Waals surface area (Å²) in [6.45, 7) is 5.63. The van der Waals surface area contributed by atoms with E-state index in [0.29, 0.717) is 0 Å². The number of hydrogen-bond acceptors (Lipinski definition) is 2. The molecular weight excluding hydrogens is 188 g/mol. The molecule has 0 radical (unpaired) electrons. The maximum absolute atomic E-state index is 10.8. The Hall–Kier alpha value is -1.05. The van der Waals surface area contributed by atoms with E-state index in [4.69, 9.17) is 4.74 Å². The van der Waals surface area contributed by atoms with E-state index in [1.54, 1.807) is 0 Å². The van der Waals surface area contributed by atoms with E-state index in [1.807, 2.05) is 12.2 Å². The van der Waals surface area contributed by atoms with Gasteiger partial charge >= 0.3 is 5.97 Å². The zero-order valence-corrected chi connectivity index (χ0v) is 10.0.